The second kappa shape index (κ2) is 12.0. The number of carbonyl (C=O) groups is 1. The summed E-state index contributed by atoms with van der Waals surface area (Å²) in [4.78, 5) is 32.2. The molecule has 0 unspecified atom stereocenters. The fourth-order valence-corrected chi connectivity index (χ4v) is 5.99. The molecule has 0 N–H and O–H groups in total. The van der Waals surface area contributed by atoms with Crippen LogP contribution in [0.5, 0.6) is 6.01 Å². The average molecular weight is 573 g/mol. The van der Waals surface area contributed by atoms with E-state index < -0.39 is 12.5 Å². The van der Waals surface area contributed by atoms with Crippen molar-refractivity contribution in [2.24, 2.45) is 0 Å². The number of alkyl halides is 1. The number of likely N-dealkylation sites (tertiary alicyclic amines) is 1. The summed E-state index contributed by atoms with van der Waals surface area (Å²) in [6, 6.07) is 12.2. The number of allylic oxidation sites excluding steroid dienone is 1. The van der Waals surface area contributed by atoms with Crippen molar-refractivity contribution in [3.63, 3.8) is 0 Å². The Bertz CT molecular complexity index is 1650. The number of amides is 1. The number of aryl methyl sites for hydroxylation is 1. The minimum atomic E-state index is -0.684. The van der Waals surface area contributed by atoms with E-state index in [9.17, 15) is 9.18 Å². The molecule has 42 heavy (non-hydrogen) atoms. The lowest BCUT2D eigenvalue weighted by atomic mass is 9.97. The monoisotopic (exact) mass is 572 g/mol. The molecule has 6 rings (SSSR count). The van der Waals surface area contributed by atoms with Gasteiger partial charge in [-0.1, -0.05) is 36.4 Å². The molecule has 4 heterocycles. The predicted octanol–water partition coefficient (Wildman–Crippen LogP) is 4.94. The Morgan fingerprint density at radius 2 is 1.88 bits per heavy atom. The maximum Gasteiger partial charge on any atom is 0.319 e. The highest BCUT2D eigenvalue weighted by Gasteiger charge is 2.27. The molecule has 2 aliphatic heterocycles. The van der Waals surface area contributed by atoms with Crippen molar-refractivity contribution in [2.45, 2.75) is 25.8 Å². The van der Waals surface area contributed by atoms with Crippen LogP contribution in [-0.4, -0.2) is 89.8 Å². The molecule has 0 spiro atoms. The van der Waals surface area contributed by atoms with Crippen LogP contribution in [0.4, 0.5) is 14.6 Å². The third-order valence-electron chi connectivity index (χ3n) is 8.33. The number of ether oxygens (including phenoxy) is 1. The van der Waals surface area contributed by atoms with E-state index in [-0.39, 0.29) is 29.2 Å². The molecule has 1 atom stereocenters. The molecule has 0 saturated carbocycles. The molecular weight excluding hydrogens is 538 g/mol. The number of pyridine rings is 1. The second-order valence-electron chi connectivity index (χ2n) is 10.9. The van der Waals surface area contributed by atoms with Gasteiger partial charge in [-0.2, -0.15) is 9.97 Å². The van der Waals surface area contributed by atoms with E-state index in [0.29, 0.717) is 49.6 Å². The minimum absolute atomic E-state index is 0.118. The van der Waals surface area contributed by atoms with Gasteiger partial charge in [-0.15, -0.1) is 0 Å². The Kier molecular flexibility index (Phi) is 7.97. The van der Waals surface area contributed by atoms with Gasteiger partial charge in [0.2, 0.25) is 5.91 Å². The molecular formula is C32H34F2N6O2. The number of benzene rings is 2. The number of hydrogen-bond donors (Lipinski definition) is 0. The predicted molar refractivity (Wildman–Crippen MR) is 160 cm³/mol. The molecule has 2 saturated heterocycles. The number of anilines is 1. The number of aromatic nitrogens is 3. The first-order valence-corrected chi connectivity index (χ1v) is 14.4. The van der Waals surface area contributed by atoms with Crippen molar-refractivity contribution >= 4 is 33.4 Å². The van der Waals surface area contributed by atoms with Gasteiger partial charge in [0.1, 0.15) is 30.3 Å². The molecule has 218 valence electrons. The van der Waals surface area contributed by atoms with Gasteiger partial charge in [-0.05, 0) is 55.8 Å². The van der Waals surface area contributed by atoms with Crippen LogP contribution in [0.1, 0.15) is 18.4 Å². The number of carbonyl (C=O) groups excluding carboxylic acids is 1. The van der Waals surface area contributed by atoms with Crippen LogP contribution in [0.2, 0.25) is 0 Å². The number of halogens is 2. The molecule has 0 bridgehead atoms. The highest BCUT2D eigenvalue weighted by Crippen LogP contribution is 2.36. The summed E-state index contributed by atoms with van der Waals surface area (Å²) in [5.74, 6) is -0.236. The molecule has 0 radical (unpaired) electrons. The van der Waals surface area contributed by atoms with Crippen LogP contribution >= 0.6 is 0 Å². The van der Waals surface area contributed by atoms with E-state index in [1.807, 2.05) is 48.2 Å². The van der Waals surface area contributed by atoms with Crippen LogP contribution in [0.25, 0.3) is 32.9 Å². The van der Waals surface area contributed by atoms with E-state index in [1.165, 1.54) is 12.2 Å². The Morgan fingerprint density at radius 3 is 2.62 bits per heavy atom. The molecule has 2 fully saturated rings. The number of likely N-dealkylation sites (N-methyl/N-ethyl adjacent to an activating group) is 1. The number of piperazine rings is 1. The zero-order valence-electron chi connectivity index (χ0n) is 23.9. The molecule has 8 nitrogen and oxygen atoms in total. The van der Waals surface area contributed by atoms with Gasteiger partial charge in [0, 0.05) is 50.1 Å². The van der Waals surface area contributed by atoms with Crippen LogP contribution in [0.3, 0.4) is 0 Å². The minimum Gasteiger partial charge on any atom is -0.462 e. The van der Waals surface area contributed by atoms with E-state index in [2.05, 4.69) is 21.9 Å². The van der Waals surface area contributed by atoms with E-state index in [1.54, 1.807) is 11.1 Å². The summed E-state index contributed by atoms with van der Waals surface area (Å²) >= 11 is 0. The number of fused-ring (bicyclic) bond motifs is 2. The van der Waals surface area contributed by atoms with Crippen molar-refractivity contribution in [3.05, 3.63) is 66.1 Å². The first kappa shape index (κ1) is 28.0. The Labute approximate surface area is 243 Å². The maximum absolute atomic E-state index is 16.5. The quantitative estimate of drug-likeness (QED) is 0.291. The summed E-state index contributed by atoms with van der Waals surface area (Å²) in [6.45, 7) is 4.53. The molecule has 0 aliphatic carbocycles. The van der Waals surface area contributed by atoms with Gasteiger partial charge in [-0.25, -0.2) is 8.78 Å². The fourth-order valence-electron chi connectivity index (χ4n) is 5.99. The van der Waals surface area contributed by atoms with Crippen molar-refractivity contribution in [2.75, 3.05) is 58.0 Å². The van der Waals surface area contributed by atoms with Gasteiger partial charge < -0.3 is 19.4 Å². The maximum atomic E-state index is 16.5. The second-order valence-corrected chi connectivity index (χ2v) is 10.9. The summed E-state index contributed by atoms with van der Waals surface area (Å²) < 4.78 is 35.1. The van der Waals surface area contributed by atoms with Crippen molar-refractivity contribution in [1.82, 2.24) is 24.8 Å². The van der Waals surface area contributed by atoms with Crippen LogP contribution < -0.4 is 9.64 Å². The van der Waals surface area contributed by atoms with E-state index in [4.69, 9.17) is 9.72 Å². The van der Waals surface area contributed by atoms with Crippen molar-refractivity contribution in [3.8, 4) is 17.3 Å². The zero-order valence-corrected chi connectivity index (χ0v) is 23.9. The van der Waals surface area contributed by atoms with Gasteiger partial charge in [0.25, 0.3) is 0 Å². The summed E-state index contributed by atoms with van der Waals surface area (Å²) in [6.07, 6.45) is 6.23. The number of nitrogens with zero attached hydrogens (tertiary/aromatic N) is 6. The normalized spacial score (nSPS) is 18.0. The van der Waals surface area contributed by atoms with E-state index >= 15 is 4.39 Å². The first-order valence-electron chi connectivity index (χ1n) is 14.4. The first-order chi connectivity index (χ1) is 20.4. The van der Waals surface area contributed by atoms with Gasteiger partial charge in [-0.3, -0.25) is 9.78 Å². The lowest BCUT2D eigenvalue weighted by molar-refractivity contribution is -0.126. The highest BCUT2D eigenvalue weighted by molar-refractivity contribution is 6.00. The number of rotatable bonds is 7. The third kappa shape index (κ3) is 5.38. The molecule has 2 aromatic heterocycles. The molecule has 4 aromatic rings. The fraction of sp³-hybridized carbons (Fsp3) is 0.375. The Balaban J connectivity index is 1.40. The van der Waals surface area contributed by atoms with Gasteiger partial charge >= 0.3 is 6.01 Å². The Hall–Kier alpha value is -4.18. The topological polar surface area (TPSA) is 74.7 Å². The standard InChI is InChI=1S/C32H34F2N6O2/c1-21-7-3-8-22-9-4-11-24(27(21)22)29-28(34)30-25(19-35-29)31(37-32(36-30)42-20-23-10-6-14-38(23)2)40-17-15-39(16-18-40)26(41)12-5-13-33/h3-5,7-9,11-12,19,23H,6,10,13-18,20H2,1-2H3/b12-5+/t23-/m0/s1. The molecule has 2 aliphatic rings. The summed E-state index contributed by atoms with van der Waals surface area (Å²) in [7, 11) is 2.07. The highest BCUT2D eigenvalue weighted by atomic mass is 19.1. The van der Waals surface area contributed by atoms with Gasteiger partial charge in [0.15, 0.2) is 5.82 Å². The largest absolute Gasteiger partial charge is 0.462 e. The van der Waals surface area contributed by atoms with Crippen LogP contribution in [-0.2, 0) is 4.79 Å². The lowest BCUT2D eigenvalue weighted by Crippen LogP contribution is -2.48. The third-order valence-corrected chi connectivity index (χ3v) is 8.33. The SMILES string of the molecule is Cc1cccc2cccc(-c3ncc4c(N5CCN(C(=O)/C=C/CF)CC5)nc(OC[C@@H]5CCCN5C)nc4c3F)c12. The van der Waals surface area contributed by atoms with Crippen molar-refractivity contribution < 1.29 is 18.3 Å². The molecule has 2 aromatic carbocycles. The zero-order chi connectivity index (χ0) is 29.2. The molecule has 10 heteroatoms. The average Bonchev–Trinajstić information content (AvgIpc) is 3.43. The van der Waals surface area contributed by atoms with Crippen molar-refractivity contribution in [1.29, 1.82) is 0 Å². The smallest absolute Gasteiger partial charge is 0.319 e. The van der Waals surface area contributed by atoms with Crippen LogP contribution in [0.15, 0.2) is 54.7 Å². The van der Waals surface area contributed by atoms with Crippen LogP contribution in [0, 0.1) is 12.7 Å². The van der Waals surface area contributed by atoms with E-state index in [0.717, 1.165) is 35.7 Å². The lowest BCUT2D eigenvalue weighted by Gasteiger charge is -2.35. The summed E-state index contributed by atoms with van der Waals surface area (Å²) in [5.41, 5.74) is 2.11. The molecule has 1 amide bonds. The van der Waals surface area contributed by atoms with Gasteiger partial charge in [0.05, 0.1) is 5.39 Å². The summed E-state index contributed by atoms with van der Waals surface area (Å²) in [5, 5.41) is 2.44. The number of hydrogen-bond acceptors (Lipinski definition) is 7. The Morgan fingerprint density at radius 1 is 1.10 bits per heavy atom.